The molecular formula is C14H12N2O3S. The molecule has 0 spiro atoms. The Balaban J connectivity index is 2.29. The normalized spacial score (nSPS) is 10.7. The Bertz CT molecular complexity index is 776. The van der Waals surface area contributed by atoms with Gasteiger partial charge in [-0.1, -0.05) is 0 Å². The lowest BCUT2D eigenvalue weighted by molar-refractivity contribution is 0.111. The second-order valence-corrected chi connectivity index (χ2v) is 4.94. The van der Waals surface area contributed by atoms with Crippen molar-refractivity contribution in [1.82, 2.24) is 9.38 Å². The summed E-state index contributed by atoms with van der Waals surface area (Å²) >= 11 is 1.47. The van der Waals surface area contributed by atoms with Crippen molar-refractivity contribution in [3.8, 4) is 22.8 Å². The van der Waals surface area contributed by atoms with Crippen molar-refractivity contribution in [2.24, 2.45) is 0 Å². The molecular weight excluding hydrogens is 276 g/mol. The van der Waals surface area contributed by atoms with Gasteiger partial charge >= 0.3 is 0 Å². The molecule has 102 valence electrons. The molecule has 1 aromatic carbocycles. The van der Waals surface area contributed by atoms with Gasteiger partial charge in [0.1, 0.15) is 17.2 Å². The van der Waals surface area contributed by atoms with Crippen molar-refractivity contribution in [3.05, 3.63) is 35.5 Å². The highest BCUT2D eigenvalue weighted by atomic mass is 32.1. The topological polar surface area (TPSA) is 52.8 Å². The summed E-state index contributed by atoms with van der Waals surface area (Å²) < 4.78 is 12.5. The summed E-state index contributed by atoms with van der Waals surface area (Å²) in [6, 6.07) is 5.56. The van der Waals surface area contributed by atoms with E-state index in [0.29, 0.717) is 5.69 Å². The van der Waals surface area contributed by atoms with Crippen molar-refractivity contribution < 1.29 is 14.3 Å². The van der Waals surface area contributed by atoms with E-state index in [0.717, 1.165) is 34.0 Å². The van der Waals surface area contributed by atoms with Crippen LogP contribution in [-0.4, -0.2) is 29.9 Å². The lowest BCUT2D eigenvalue weighted by Crippen LogP contribution is -1.95. The second kappa shape index (κ2) is 4.97. The molecule has 0 fully saturated rings. The Morgan fingerprint density at radius 1 is 1.30 bits per heavy atom. The maximum Gasteiger partial charge on any atom is 0.194 e. The smallest absolute Gasteiger partial charge is 0.194 e. The van der Waals surface area contributed by atoms with Gasteiger partial charge in [-0.15, -0.1) is 11.3 Å². The summed E-state index contributed by atoms with van der Waals surface area (Å²) in [5, 5.41) is 1.95. The van der Waals surface area contributed by atoms with E-state index in [4.69, 9.17) is 9.47 Å². The Kier molecular flexibility index (Phi) is 3.15. The van der Waals surface area contributed by atoms with Crippen LogP contribution in [0, 0.1) is 0 Å². The van der Waals surface area contributed by atoms with Crippen LogP contribution < -0.4 is 9.47 Å². The SMILES string of the molecule is COc1ccc(OC)c(-c2csc3ncc(C=O)n23)c1. The number of carbonyl (C=O) groups excluding carboxylic acids is 1. The number of fused-ring (bicyclic) bond motifs is 1. The molecule has 2 aromatic heterocycles. The van der Waals surface area contributed by atoms with Crippen LogP contribution in [0.15, 0.2) is 29.8 Å². The molecule has 20 heavy (non-hydrogen) atoms. The van der Waals surface area contributed by atoms with Crippen molar-refractivity contribution in [2.45, 2.75) is 0 Å². The van der Waals surface area contributed by atoms with Crippen LogP contribution >= 0.6 is 11.3 Å². The molecule has 0 aliphatic carbocycles. The van der Waals surface area contributed by atoms with E-state index in [1.54, 1.807) is 20.4 Å². The minimum Gasteiger partial charge on any atom is -0.497 e. The first-order valence-electron chi connectivity index (χ1n) is 5.91. The maximum absolute atomic E-state index is 11.1. The fraction of sp³-hybridized carbons (Fsp3) is 0.143. The molecule has 0 aliphatic rings. The van der Waals surface area contributed by atoms with Crippen LogP contribution in [0.1, 0.15) is 10.5 Å². The van der Waals surface area contributed by atoms with Gasteiger partial charge in [0.15, 0.2) is 11.2 Å². The number of aromatic nitrogens is 2. The van der Waals surface area contributed by atoms with E-state index in [1.165, 1.54) is 11.3 Å². The molecule has 0 bridgehead atoms. The summed E-state index contributed by atoms with van der Waals surface area (Å²) in [7, 11) is 3.23. The van der Waals surface area contributed by atoms with Crippen LogP contribution in [0.4, 0.5) is 0 Å². The lowest BCUT2D eigenvalue weighted by atomic mass is 10.1. The quantitative estimate of drug-likeness (QED) is 0.693. The van der Waals surface area contributed by atoms with Gasteiger partial charge in [0.2, 0.25) is 0 Å². The number of hydrogen-bond donors (Lipinski definition) is 0. The van der Waals surface area contributed by atoms with Crippen LogP contribution in [0.25, 0.3) is 16.2 Å². The molecule has 0 radical (unpaired) electrons. The van der Waals surface area contributed by atoms with E-state index in [2.05, 4.69) is 4.98 Å². The number of imidazole rings is 1. The van der Waals surface area contributed by atoms with Gasteiger partial charge in [-0.3, -0.25) is 9.20 Å². The fourth-order valence-corrected chi connectivity index (χ4v) is 2.99. The van der Waals surface area contributed by atoms with Crippen molar-refractivity contribution in [1.29, 1.82) is 0 Å². The van der Waals surface area contributed by atoms with Gasteiger partial charge in [0.05, 0.1) is 26.1 Å². The number of nitrogens with zero attached hydrogens (tertiary/aromatic N) is 2. The van der Waals surface area contributed by atoms with Crippen LogP contribution in [-0.2, 0) is 0 Å². The van der Waals surface area contributed by atoms with Crippen molar-refractivity contribution >= 4 is 22.6 Å². The molecule has 3 aromatic rings. The summed E-state index contributed by atoms with van der Waals surface area (Å²) in [6.45, 7) is 0. The molecule has 0 atom stereocenters. The minimum atomic E-state index is 0.515. The van der Waals surface area contributed by atoms with E-state index in [9.17, 15) is 4.79 Å². The zero-order valence-electron chi connectivity index (χ0n) is 11.0. The average molecular weight is 288 g/mol. The predicted molar refractivity (Wildman–Crippen MR) is 77.0 cm³/mol. The zero-order valence-corrected chi connectivity index (χ0v) is 11.8. The largest absolute Gasteiger partial charge is 0.497 e. The molecule has 0 N–H and O–H groups in total. The molecule has 3 rings (SSSR count). The lowest BCUT2D eigenvalue weighted by Gasteiger charge is -2.10. The molecule has 0 aliphatic heterocycles. The standard InChI is InChI=1S/C14H12N2O3S/c1-18-10-3-4-13(19-2)11(5-10)12-8-20-14-15-6-9(7-17)16(12)14/h3-8H,1-2H3. The monoisotopic (exact) mass is 288 g/mol. The Morgan fingerprint density at radius 2 is 2.15 bits per heavy atom. The number of rotatable bonds is 4. The van der Waals surface area contributed by atoms with E-state index >= 15 is 0 Å². The number of methoxy groups -OCH3 is 2. The first-order valence-corrected chi connectivity index (χ1v) is 6.79. The first kappa shape index (κ1) is 12.7. The number of ether oxygens (including phenoxy) is 2. The third-order valence-corrected chi connectivity index (χ3v) is 3.92. The highest BCUT2D eigenvalue weighted by molar-refractivity contribution is 7.15. The maximum atomic E-state index is 11.1. The van der Waals surface area contributed by atoms with Crippen LogP contribution in [0.2, 0.25) is 0 Å². The highest BCUT2D eigenvalue weighted by Gasteiger charge is 2.15. The number of aldehydes is 1. The third kappa shape index (κ3) is 1.85. The van der Waals surface area contributed by atoms with Gasteiger partial charge in [-0.2, -0.15) is 0 Å². The average Bonchev–Trinajstić information content (AvgIpc) is 3.07. The summed E-state index contributed by atoms with van der Waals surface area (Å²) in [5.41, 5.74) is 2.24. The van der Waals surface area contributed by atoms with E-state index in [-0.39, 0.29) is 0 Å². The molecule has 0 saturated heterocycles. The molecule has 2 heterocycles. The minimum absolute atomic E-state index is 0.515. The first-order chi connectivity index (χ1) is 9.78. The Hall–Kier alpha value is -2.34. The summed E-state index contributed by atoms with van der Waals surface area (Å²) in [6.07, 6.45) is 2.36. The van der Waals surface area contributed by atoms with Crippen LogP contribution in [0.5, 0.6) is 11.5 Å². The van der Waals surface area contributed by atoms with Crippen molar-refractivity contribution in [2.75, 3.05) is 14.2 Å². The third-order valence-electron chi connectivity index (χ3n) is 3.08. The molecule has 0 unspecified atom stereocenters. The van der Waals surface area contributed by atoms with Gasteiger partial charge in [-0.25, -0.2) is 4.98 Å². The Morgan fingerprint density at radius 3 is 2.85 bits per heavy atom. The van der Waals surface area contributed by atoms with Crippen molar-refractivity contribution in [3.63, 3.8) is 0 Å². The summed E-state index contributed by atoms with van der Waals surface area (Å²) in [4.78, 5) is 16.1. The fourth-order valence-electron chi connectivity index (χ4n) is 2.12. The van der Waals surface area contributed by atoms with Gasteiger partial charge < -0.3 is 9.47 Å². The van der Waals surface area contributed by atoms with Gasteiger partial charge in [0.25, 0.3) is 0 Å². The number of benzene rings is 1. The summed E-state index contributed by atoms with van der Waals surface area (Å²) in [5.74, 6) is 1.45. The predicted octanol–water partition coefficient (Wildman–Crippen LogP) is 2.89. The van der Waals surface area contributed by atoms with E-state index < -0.39 is 0 Å². The molecule has 0 saturated carbocycles. The van der Waals surface area contributed by atoms with Gasteiger partial charge in [0, 0.05) is 10.9 Å². The van der Waals surface area contributed by atoms with Gasteiger partial charge in [-0.05, 0) is 18.2 Å². The number of hydrogen-bond acceptors (Lipinski definition) is 5. The Labute approximate surface area is 119 Å². The molecule has 6 heteroatoms. The molecule has 5 nitrogen and oxygen atoms in total. The number of carbonyl (C=O) groups is 1. The number of thiazole rings is 1. The molecule has 0 amide bonds. The zero-order chi connectivity index (χ0) is 14.1. The second-order valence-electron chi connectivity index (χ2n) is 4.11. The highest BCUT2D eigenvalue weighted by Crippen LogP contribution is 2.36. The van der Waals surface area contributed by atoms with Crippen LogP contribution in [0.3, 0.4) is 0 Å². The van der Waals surface area contributed by atoms with E-state index in [1.807, 2.05) is 28.0 Å².